The van der Waals surface area contributed by atoms with Gasteiger partial charge in [-0.05, 0) is 12.1 Å². The molecular formula is C15H11N3O. The molecule has 0 unspecified atom stereocenters. The van der Waals surface area contributed by atoms with Crippen molar-refractivity contribution in [1.82, 2.24) is 14.7 Å². The first-order valence-corrected chi connectivity index (χ1v) is 6.09. The molecular weight excluding hydrogens is 238 g/mol. The van der Waals surface area contributed by atoms with Gasteiger partial charge in [0, 0.05) is 12.6 Å². The van der Waals surface area contributed by atoms with E-state index in [4.69, 9.17) is 4.52 Å². The Bertz CT molecular complexity index is 874. The lowest BCUT2D eigenvalue weighted by Crippen LogP contribution is -1.83. The molecule has 0 spiro atoms. The van der Waals surface area contributed by atoms with Crippen LogP contribution in [-0.4, -0.2) is 14.7 Å². The Morgan fingerprint density at radius 2 is 1.89 bits per heavy atom. The van der Waals surface area contributed by atoms with Crippen molar-refractivity contribution in [2.45, 2.75) is 0 Å². The Labute approximate surface area is 109 Å². The van der Waals surface area contributed by atoms with E-state index in [-0.39, 0.29) is 0 Å². The van der Waals surface area contributed by atoms with Crippen LogP contribution >= 0.6 is 0 Å². The van der Waals surface area contributed by atoms with Gasteiger partial charge in [-0.25, -0.2) is 4.98 Å². The van der Waals surface area contributed by atoms with Crippen molar-refractivity contribution in [3.8, 4) is 11.3 Å². The number of imidazole rings is 1. The Hall–Kier alpha value is -2.62. The van der Waals surface area contributed by atoms with Crippen LogP contribution in [0, 0.1) is 0 Å². The van der Waals surface area contributed by atoms with Gasteiger partial charge >= 0.3 is 0 Å². The number of rotatable bonds is 1. The van der Waals surface area contributed by atoms with E-state index in [9.17, 15) is 0 Å². The fraction of sp³-hybridized carbons (Fsp3) is 0.0667. The normalized spacial score (nSPS) is 11.4. The first-order chi connectivity index (χ1) is 9.34. The summed E-state index contributed by atoms with van der Waals surface area (Å²) in [6.07, 6.45) is 1.81. The van der Waals surface area contributed by atoms with Crippen LogP contribution in [0.1, 0.15) is 0 Å². The van der Waals surface area contributed by atoms with Crippen LogP contribution in [0.5, 0.6) is 0 Å². The molecule has 4 aromatic rings. The third-order valence-electron chi connectivity index (χ3n) is 3.37. The number of fused-ring (bicyclic) bond motifs is 3. The van der Waals surface area contributed by atoms with Crippen LogP contribution in [0.25, 0.3) is 33.3 Å². The van der Waals surface area contributed by atoms with E-state index in [1.165, 1.54) is 0 Å². The van der Waals surface area contributed by atoms with Crippen molar-refractivity contribution < 1.29 is 4.52 Å². The summed E-state index contributed by atoms with van der Waals surface area (Å²) in [5.41, 5.74) is 3.86. The molecule has 0 amide bonds. The molecule has 2 heterocycles. The SMILES string of the molecule is Cn1cnc2c3c(-c4ccccc4)onc3ccc21. The average molecular weight is 249 g/mol. The highest BCUT2D eigenvalue weighted by Gasteiger charge is 2.15. The maximum absolute atomic E-state index is 5.52. The van der Waals surface area contributed by atoms with Gasteiger partial charge in [-0.1, -0.05) is 35.5 Å². The number of benzene rings is 2. The standard InChI is InChI=1S/C15H11N3O/c1-18-9-16-14-12(18)8-7-11-13(14)15(19-17-11)10-5-3-2-4-6-10/h2-9H,1H3. The largest absolute Gasteiger partial charge is 0.355 e. The Balaban J connectivity index is 2.15. The van der Waals surface area contributed by atoms with Gasteiger partial charge in [-0.2, -0.15) is 0 Å². The maximum atomic E-state index is 5.52. The molecule has 2 aromatic carbocycles. The van der Waals surface area contributed by atoms with E-state index in [1.807, 2.05) is 60.4 Å². The average Bonchev–Trinajstić information content (AvgIpc) is 3.03. The summed E-state index contributed by atoms with van der Waals surface area (Å²) in [6.45, 7) is 0. The van der Waals surface area contributed by atoms with Gasteiger partial charge in [0.05, 0.1) is 17.2 Å². The second kappa shape index (κ2) is 3.68. The van der Waals surface area contributed by atoms with E-state index < -0.39 is 0 Å². The minimum absolute atomic E-state index is 0.778. The molecule has 0 fully saturated rings. The molecule has 19 heavy (non-hydrogen) atoms. The molecule has 4 rings (SSSR count). The molecule has 2 aromatic heterocycles. The molecule has 0 saturated carbocycles. The van der Waals surface area contributed by atoms with Gasteiger partial charge in [0.1, 0.15) is 11.0 Å². The highest BCUT2D eigenvalue weighted by Crippen LogP contribution is 2.33. The van der Waals surface area contributed by atoms with Crippen LogP contribution < -0.4 is 0 Å². The van der Waals surface area contributed by atoms with Crippen LogP contribution in [-0.2, 0) is 7.05 Å². The van der Waals surface area contributed by atoms with Crippen molar-refractivity contribution in [3.05, 3.63) is 48.8 Å². The summed E-state index contributed by atoms with van der Waals surface area (Å²) < 4.78 is 7.52. The topological polar surface area (TPSA) is 43.9 Å². The third kappa shape index (κ3) is 1.40. The van der Waals surface area contributed by atoms with Gasteiger partial charge in [0.15, 0.2) is 5.76 Å². The van der Waals surface area contributed by atoms with Gasteiger partial charge in [0.25, 0.3) is 0 Å². The minimum Gasteiger partial charge on any atom is -0.355 e. The predicted octanol–water partition coefficient (Wildman–Crippen LogP) is 3.38. The minimum atomic E-state index is 0.778. The predicted molar refractivity (Wildman–Crippen MR) is 73.7 cm³/mol. The maximum Gasteiger partial charge on any atom is 0.176 e. The summed E-state index contributed by atoms with van der Waals surface area (Å²) in [5, 5.41) is 5.11. The lowest BCUT2D eigenvalue weighted by Gasteiger charge is -1.97. The zero-order chi connectivity index (χ0) is 12.8. The van der Waals surface area contributed by atoms with E-state index in [2.05, 4.69) is 10.1 Å². The van der Waals surface area contributed by atoms with Gasteiger partial charge < -0.3 is 9.09 Å². The van der Waals surface area contributed by atoms with E-state index >= 15 is 0 Å². The summed E-state index contributed by atoms with van der Waals surface area (Å²) in [5.74, 6) is 0.778. The van der Waals surface area contributed by atoms with E-state index in [0.29, 0.717) is 0 Å². The number of nitrogens with zero attached hydrogens (tertiary/aromatic N) is 3. The molecule has 0 radical (unpaired) electrons. The molecule has 0 aliphatic carbocycles. The molecule has 92 valence electrons. The molecule has 0 atom stereocenters. The zero-order valence-electron chi connectivity index (χ0n) is 10.4. The molecule has 0 aliphatic heterocycles. The van der Waals surface area contributed by atoms with Crippen LogP contribution in [0.15, 0.2) is 53.3 Å². The third-order valence-corrected chi connectivity index (χ3v) is 3.37. The quantitative estimate of drug-likeness (QED) is 0.519. The smallest absolute Gasteiger partial charge is 0.176 e. The van der Waals surface area contributed by atoms with Gasteiger partial charge in [-0.15, -0.1) is 0 Å². The second-order valence-electron chi connectivity index (χ2n) is 4.56. The molecule has 0 aliphatic rings. The molecule has 0 bridgehead atoms. The molecule has 0 N–H and O–H groups in total. The summed E-state index contributed by atoms with van der Waals surface area (Å²) in [7, 11) is 1.98. The van der Waals surface area contributed by atoms with Gasteiger partial charge in [-0.3, -0.25) is 0 Å². The van der Waals surface area contributed by atoms with Crippen molar-refractivity contribution in [2.75, 3.05) is 0 Å². The van der Waals surface area contributed by atoms with E-state index in [0.717, 1.165) is 33.3 Å². The number of aryl methyl sites for hydroxylation is 1. The van der Waals surface area contributed by atoms with E-state index in [1.54, 1.807) is 0 Å². The highest BCUT2D eigenvalue weighted by atomic mass is 16.5. The number of hydrogen-bond donors (Lipinski definition) is 0. The van der Waals surface area contributed by atoms with Crippen LogP contribution in [0.2, 0.25) is 0 Å². The molecule has 0 saturated heterocycles. The summed E-state index contributed by atoms with van der Waals surface area (Å²) in [4.78, 5) is 4.47. The molecule has 4 nitrogen and oxygen atoms in total. The highest BCUT2D eigenvalue weighted by molar-refractivity contribution is 6.09. The Morgan fingerprint density at radius 3 is 2.74 bits per heavy atom. The van der Waals surface area contributed by atoms with Crippen molar-refractivity contribution in [1.29, 1.82) is 0 Å². The lowest BCUT2D eigenvalue weighted by molar-refractivity contribution is 0.441. The van der Waals surface area contributed by atoms with Gasteiger partial charge in [0.2, 0.25) is 0 Å². The zero-order valence-corrected chi connectivity index (χ0v) is 10.4. The fourth-order valence-electron chi connectivity index (χ4n) is 2.42. The van der Waals surface area contributed by atoms with Crippen molar-refractivity contribution in [3.63, 3.8) is 0 Å². The summed E-state index contributed by atoms with van der Waals surface area (Å²) in [6, 6.07) is 14.0. The Kier molecular flexibility index (Phi) is 2.00. The second-order valence-corrected chi connectivity index (χ2v) is 4.56. The monoisotopic (exact) mass is 249 g/mol. The lowest BCUT2D eigenvalue weighted by atomic mass is 10.1. The molecule has 4 heteroatoms. The van der Waals surface area contributed by atoms with Crippen molar-refractivity contribution in [2.24, 2.45) is 7.05 Å². The number of hydrogen-bond acceptors (Lipinski definition) is 3. The fourth-order valence-corrected chi connectivity index (χ4v) is 2.42. The number of aromatic nitrogens is 3. The Morgan fingerprint density at radius 1 is 1.05 bits per heavy atom. The first kappa shape index (κ1) is 10.3. The van der Waals surface area contributed by atoms with Crippen LogP contribution in [0.4, 0.5) is 0 Å². The summed E-state index contributed by atoms with van der Waals surface area (Å²) >= 11 is 0. The first-order valence-electron chi connectivity index (χ1n) is 6.09. The van der Waals surface area contributed by atoms with Crippen LogP contribution in [0.3, 0.4) is 0 Å². The van der Waals surface area contributed by atoms with Crippen molar-refractivity contribution >= 4 is 21.9 Å².